The van der Waals surface area contributed by atoms with E-state index in [4.69, 9.17) is 0 Å². The van der Waals surface area contributed by atoms with Gasteiger partial charge in [0.15, 0.2) is 0 Å². The van der Waals surface area contributed by atoms with Crippen LogP contribution in [0, 0.1) is 13.3 Å². The van der Waals surface area contributed by atoms with Gasteiger partial charge in [0, 0.05) is 13.1 Å². The second-order valence-electron chi connectivity index (χ2n) is 5.52. The van der Waals surface area contributed by atoms with Crippen LogP contribution < -0.4 is 0 Å². The minimum absolute atomic E-state index is 0.528. The van der Waals surface area contributed by atoms with E-state index < -0.39 is 11.7 Å². The quantitative estimate of drug-likeness (QED) is 0.747. The first-order valence-corrected chi connectivity index (χ1v) is 7.17. The van der Waals surface area contributed by atoms with E-state index in [-0.39, 0.29) is 0 Å². The van der Waals surface area contributed by atoms with Gasteiger partial charge in [-0.15, -0.1) is 0 Å². The molecule has 110 valence electrons. The van der Waals surface area contributed by atoms with Gasteiger partial charge in [-0.2, -0.15) is 13.2 Å². The van der Waals surface area contributed by atoms with Crippen molar-refractivity contribution < 1.29 is 13.2 Å². The van der Waals surface area contributed by atoms with Crippen molar-refractivity contribution in [3.05, 3.63) is 41.3 Å². The number of benzene rings is 1. The Hall–Kier alpha value is -1.16. The Morgan fingerprint density at radius 1 is 1.15 bits per heavy atom. The van der Waals surface area contributed by atoms with Gasteiger partial charge in [0.2, 0.25) is 0 Å². The van der Waals surface area contributed by atoms with E-state index >= 15 is 0 Å². The van der Waals surface area contributed by atoms with Crippen molar-refractivity contribution >= 4 is 0 Å². The fourth-order valence-corrected chi connectivity index (χ4v) is 2.70. The third-order valence-electron chi connectivity index (χ3n) is 3.70. The lowest BCUT2D eigenvalue weighted by Crippen LogP contribution is -2.31. The zero-order chi connectivity index (χ0) is 14.6. The molecule has 0 unspecified atom stereocenters. The standard InChI is InChI=1S/C16H21F3N/c1-13-10-14(12-15(11-13)16(17,18)19)6-5-9-20-7-3-2-4-8-20/h2,10-12H,3-9H2,1H3/q+1. The van der Waals surface area contributed by atoms with Crippen LogP contribution in [0.4, 0.5) is 13.2 Å². The summed E-state index contributed by atoms with van der Waals surface area (Å²) in [6.45, 7) is 4.87. The second-order valence-corrected chi connectivity index (χ2v) is 5.52. The topological polar surface area (TPSA) is 3.24 Å². The van der Waals surface area contributed by atoms with Gasteiger partial charge in [-0.25, -0.2) is 0 Å². The lowest BCUT2D eigenvalue weighted by Gasteiger charge is -2.22. The van der Waals surface area contributed by atoms with E-state index in [0.29, 0.717) is 12.0 Å². The Morgan fingerprint density at radius 2 is 1.85 bits per heavy atom. The lowest BCUT2D eigenvalue weighted by atomic mass is 10.0. The Kier molecular flexibility index (Phi) is 4.97. The molecule has 0 aliphatic carbocycles. The molecule has 4 heteroatoms. The maximum Gasteiger partial charge on any atom is 0.416 e. The van der Waals surface area contributed by atoms with E-state index in [1.54, 1.807) is 6.92 Å². The molecular formula is C16H21F3N+. The van der Waals surface area contributed by atoms with Crippen molar-refractivity contribution in [3.8, 4) is 0 Å². The van der Waals surface area contributed by atoms with E-state index in [1.165, 1.54) is 12.1 Å². The first-order valence-electron chi connectivity index (χ1n) is 7.17. The number of halogens is 3. The largest absolute Gasteiger partial charge is 0.416 e. The molecule has 1 aliphatic rings. The van der Waals surface area contributed by atoms with Crippen LogP contribution in [-0.2, 0) is 12.6 Å². The van der Waals surface area contributed by atoms with Gasteiger partial charge in [-0.3, -0.25) is 4.90 Å². The Bertz CT molecular complexity index is 434. The number of likely N-dealkylation sites (tertiary alicyclic amines) is 1. The number of aryl methyl sites for hydroxylation is 2. The van der Waals surface area contributed by atoms with Crippen LogP contribution >= 0.6 is 0 Å². The first kappa shape index (κ1) is 15.2. The molecule has 0 aromatic heterocycles. The third kappa shape index (κ3) is 4.44. The number of nitrogens with zero attached hydrogens (tertiary/aromatic N) is 1. The van der Waals surface area contributed by atoms with Crippen molar-refractivity contribution in [1.82, 2.24) is 4.90 Å². The summed E-state index contributed by atoms with van der Waals surface area (Å²) in [6, 6.07) is 4.36. The molecule has 1 fully saturated rings. The summed E-state index contributed by atoms with van der Waals surface area (Å²) in [5, 5.41) is 0. The van der Waals surface area contributed by atoms with Crippen LogP contribution in [0.2, 0.25) is 0 Å². The number of alkyl halides is 3. The third-order valence-corrected chi connectivity index (χ3v) is 3.70. The SMILES string of the molecule is Cc1cc(CCCN2CC[CH+]CC2)cc(C(F)(F)F)c1. The molecule has 1 nitrogen and oxygen atoms in total. The molecule has 0 N–H and O–H groups in total. The van der Waals surface area contributed by atoms with Crippen LogP contribution in [0.25, 0.3) is 0 Å². The van der Waals surface area contributed by atoms with E-state index in [9.17, 15) is 13.2 Å². The molecule has 0 atom stereocenters. The van der Waals surface area contributed by atoms with Gasteiger partial charge in [0.05, 0.1) is 12.0 Å². The molecule has 20 heavy (non-hydrogen) atoms. The van der Waals surface area contributed by atoms with Gasteiger partial charge in [-0.05, 0) is 44.0 Å². The molecule has 0 bridgehead atoms. The highest BCUT2D eigenvalue weighted by Gasteiger charge is 2.30. The molecule has 1 saturated heterocycles. The maximum absolute atomic E-state index is 12.7. The van der Waals surface area contributed by atoms with Crippen LogP contribution in [0.15, 0.2) is 18.2 Å². The summed E-state index contributed by atoms with van der Waals surface area (Å²) in [6.07, 6.45) is 1.94. The number of rotatable bonds is 4. The monoisotopic (exact) mass is 284 g/mol. The normalized spacial score (nSPS) is 17.0. The highest BCUT2D eigenvalue weighted by atomic mass is 19.4. The van der Waals surface area contributed by atoms with Crippen molar-refractivity contribution in [3.63, 3.8) is 0 Å². The fourth-order valence-electron chi connectivity index (χ4n) is 2.70. The summed E-state index contributed by atoms with van der Waals surface area (Å²) >= 11 is 0. The van der Waals surface area contributed by atoms with Crippen LogP contribution in [0.1, 0.15) is 36.0 Å². The van der Waals surface area contributed by atoms with E-state index in [1.807, 2.05) is 6.07 Å². The van der Waals surface area contributed by atoms with E-state index in [2.05, 4.69) is 11.3 Å². The minimum Gasteiger partial charge on any atom is -0.295 e. The van der Waals surface area contributed by atoms with Crippen LogP contribution in [-0.4, -0.2) is 24.5 Å². The smallest absolute Gasteiger partial charge is 0.295 e. The molecule has 1 aromatic rings. The molecule has 1 aliphatic heterocycles. The fraction of sp³-hybridized carbons (Fsp3) is 0.562. The minimum atomic E-state index is -4.25. The first-order chi connectivity index (χ1) is 9.45. The molecular weight excluding hydrogens is 263 g/mol. The maximum atomic E-state index is 12.7. The zero-order valence-electron chi connectivity index (χ0n) is 11.8. The van der Waals surface area contributed by atoms with Gasteiger partial charge in [0.1, 0.15) is 12.8 Å². The second kappa shape index (κ2) is 6.53. The Balaban J connectivity index is 1.90. The Morgan fingerprint density at radius 3 is 2.50 bits per heavy atom. The molecule has 0 radical (unpaired) electrons. The van der Waals surface area contributed by atoms with Gasteiger partial charge in [-0.1, -0.05) is 11.6 Å². The predicted molar refractivity (Wildman–Crippen MR) is 74.5 cm³/mol. The summed E-state index contributed by atoms with van der Waals surface area (Å²) < 4.78 is 38.2. The molecule has 1 heterocycles. The van der Waals surface area contributed by atoms with Gasteiger partial charge >= 0.3 is 6.18 Å². The van der Waals surface area contributed by atoms with E-state index in [0.717, 1.165) is 44.5 Å². The summed E-state index contributed by atoms with van der Waals surface area (Å²) in [5.74, 6) is 0. The molecule has 0 saturated carbocycles. The average molecular weight is 284 g/mol. The Labute approximate surface area is 118 Å². The zero-order valence-corrected chi connectivity index (χ0v) is 11.8. The average Bonchev–Trinajstić information content (AvgIpc) is 2.38. The predicted octanol–water partition coefficient (Wildman–Crippen LogP) is 4.25. The van der Waals surface area contributed by atoms with Gasteiger partial charge < -0.3 is 0 Å². The van der Waals surface area contributed by atoms with Crippen LogP contribution in [0.3, 0.4) is 0 Å². The van der Waals surface area contributed by atoms with Crippen molar-refractivity contribution in [2.24, 2.45) is 0 Å². The summed E-state index contributed by atoms with van der Waals surface area (Å²) in [4.78, 5) is 2.39. The van der Waals surface area contributed by atoms with Crippen LogP contribution in [0.5, 0.6) is 0 Å². The molecule has 1 aromatic carbocycles. The highest BCUT2D eigenvalue weighted by molar-refractivity contribution is 5.31. The number of hydrogen-bond donors (Lipinski definition) is 0. The number of piperidine rings is 1. The van der Waals surface area contributed by atoms with Crippen molar-refractivity contribution in [1.29, 1.82) is 0 Å². The molecule has 0 spiro atoms. The van der Waals surface area contributed by atoms with Crippen molar-refractivity contribution in [2.45, 2.75) is 38.8 Å². The highest BCUT2D eigenvalue weighted by Crippen LogP contribution is 2.30. The molecule has 0 amide bonds. The lowest BCUT2D eigenvalue weighted by molar-refractivity contribution is -0.137. The molecule has 2 rings (SSSR count). The summed E-state index contributed by atoms with van der Waals surface area (Å²) in [5.41, 5.74) is 0.948. The number of hydrogen-bond acceptors (Lipinski definition) is 1. The van der Waals surface area contributed by atoms with Gasteiger partial charge in [0.25, 0.3) is 0 Å². The summed E-state index contributed by atoms with van der Waals surface area (Å²) in [7, 11) is 0. The van der Waals surface area contributed by atoms with Crippen molar-refractivity contribution in [2.75, 3.05) is 19.6 Å².